The maximum Gasteiger partial charge on any atom is 0.253 e. The Morgan fingerprint density at radius 1 is 1.00 bits per heavy atom. The molecule has 23 heavy (non-hydrogen) atoms. The van der Waals surface area contributed by atoms with Gasteiger partial charge in [-0.15, -0.1) is 0 Å². The lowest BCUT2D eigenvalue weighted by atomic mass is 10.2. The SMILES string of the molecule is Cc1cccc(NCC(=O)Nc2cccc(C(=O)N(C)C)c2)c1. The van der Waals surface area contributed by atoms with Gasteiger partial charge >= 0.3 is 0 Å². The number of carbonyl (C=O) groups is 2. The predicted molar refractivity (Wildman–Crippen MR) is 92.8 cm³/mol. The summed E-state index contributed by atoms with van der Waals surface area (Å²) in [6.45, 7) is 2.16. The first-order valence-corrected chi connectivity index (χ1v) is 7.38. The van der Waals surface area contributed by atoms with Crippen LogP contribution in [0.4, 0.5) is 11.4 Å². The topological polar surface area (TPSA) is 61.4 Å². The summed E-state index contributed by atoms with van der Waals surface area (Å²) in [7, 11) is 3.39. The van der Waals surface area contributed by atoms with Gasteiger partial charge in [0.15, 0.2) is 0 Å². The molecule has 2 aromatic rings. The maximum absolute atomic E-state index is 12.0. The number of rotatable bonds is 5. The van der Waals surface area contributed by atoms with Crippen molar-refractivity contribution in [2.75, 3.05) is 31.3 Å². The first-order chi connectivity index (χ1) is 11.0. The fourth-order valence-electron chi connectivity index (χ4n) is 2.13. The first kappa shape index (κ1) is 16.5. The molecule has 2 rings (SSSR count). The molecule has 0 radical (unpaired) electrons. The van der Waals surface area contributed by atoms with Crippen LogP contribution in [0, 0.1) is 6.92 Å². The number of aryl methyl sites for hydroxylation is 1. The summed E-state index contributed by atoms with van der Waals surface area (Å²) < 4.78 is 0. The Morgan fingerprint density at radius 3 is 2.39 bits per heavy atom. The highest BCUT2D eigenvalue weighted by molar-refractivity contribution is 5.97. The van der Waals surface area contributed by atoms with Crippen LogP contribution in [0.2, 0.25) is 0 Å². The van der Waals surface area contributed by atoms with Crippen LogP contribution in [0.3, 0.4) is 0 Å². The second-order valence-corrected chi connectivity index (χ2v) is 5.55. The number of hydrogen-bond acceptors (Lipinski definition) is 3. The van der Waals surface area contributed by atoms with Gasteiger partial charge in [-0.3, -0.25) is 9.59 Å². The Morgan fingerprint density at radius 2 is 1.70 bits per heavy atom. The standard InChI is InChI=1S/C18H21N3O2/c1-13-6-4-8-15(10-13)19-12-17(22)20-16-9-5-7-14(11-16)18(23)21(2)3/h4-11,19H,12H2,1-3H3,(H,20,22). The van der Waals surface area contributed by atoms with Crippen LogP contribution in [0.15, 0.2) is 48.5 Å². The molecule has 0 aliphatic rings. The van der Waals surface area contributed by atoms with Crippen LogP contribution in [0.25, 0.3) is 0 Å². The van der Waals surface area contributed by atoms with Gasteiger partial charge in [0.05, 0.1) is 6.54 Å². The molecule has 0 aromatic heterocycles. The third kappa shape index (κ3) is 4.85. The third-order valence-corrected chi connectivity index (χ3v) is 3.27. The number of benzene rings is 2. The summed E-state index contributed by atoms with van der Waals surface area (Å²) in [6, 6.07) is 14.7. The fourth-order valence-corrected chi connectivity index (χ4v) is 2.13. The second kappa shape index (κ2) is 7.45. The van der Waals surface area contributed by atoms with Crippen molar-refractivity contribution in [1.29, 1.82) is 0 Å². The molecule has 0 bridgehead atoms. The van der Waals surface area contributed by atoms with Crippen LogP contribution in [-0.4, -0.2) is 37.4 Å². The number of hydrogen-bond donors (Lipinski definition) is 2. The number of carbonyl (C=O) groups excluding carboxylic acids is 2. The van der Waals surface area contributed by atoms with E-state index in [1.165, 1.54) is 4.90 Å². The fraction of sp³-hybridized carbons (Fsp3) is 0.222. The number of anilines is 2. The molecule has 0 atom stereocenters. The molecule has 5 heteroatoms. The normalized spacial score (nSPS) is 10.0. The second-order valence-electron chi connectivity index (χ2n) is 5.55. The van der Waals surface area contributed by atoms with Gasteiger partial charge in [0, 0.05) is 31.0 Å². The Hall–Kier alpha value is -2.82. The van der Waals surface area contributed by atoms with Crippen molar-refractivity contribution < 1.29 is 9.59 Å². The number of nitrogens with one attached hydrogen (secondary N) is 2. The van der Waals surface area contributed by atoms with Gasteiger partial charge in [0.2, 0.25) is 5.91 Å². The highest BCUT2D eigenvalue weighted by Gasteiger charge is 2.09. The quantitative estimate of drug-likeness (QED) is 0.892. The van der Waals surface area contributed by atoms with Crippen LogP contribution in [0.1, 0.15) is 15.9 Å². The van der Waals surface area contributed by atoms with Gasteiger partial charge in [-0.1, -0.05) is 18.2 Å². The van der Waals surface area contributed by atoms with E-state index in [1.807, 2.05) is 31.2 Å². The lowest BCUT2D eigenvalue weighted by Crippen LogP contribution is -2.23. The minimum atomic E-state index is -0.166. The van der Waals surface area contributed by atoms with E-state index in [0.717, 1.165) is 11.3 Å². The Labute approximate surface area is 136 Å². The molecule has 2 N–H and O–H groups in total. The van der Waals surface area contributed by atoms with E-state index in [0.29, 0.717) is 11.3 Å². The van der Waals surface area contributed by atoms with Crippen molar-refractivity contribution in [2.24, 2.45) is 0 Å². The molecule has 120 valence electrons. The van der Waals surface area contributed by atoms with Gasteiger partial charge < -0.3 is 15.5 Å². The molecule has 0 spiro atoms. The zero-order chi connectivity index (χ0) is 16.8. The zero-order valence-electron chi connectivity index (χ0n) is 13.6. The highest BCUT2D eigenvalue weighted by atomic mass is 16.2. The van der Waals surface area contributed by atoms with Crippen LogP contribution in [-0.2, 0) is 4.79 Å². The minimum Gasteiger partial charge on any atom is -0.376 e. The van der Waals surface area contributed by atoms with Crippen LogP contribution >= 0.6 is 0 Å². The van der Waals surface area contributed by atoms with Crippen LogP contribution < -0.4 is 10.6 Å². The van der Waals surface area contributed by atoms with E-state index < -0.39 is 0 Å². The zero-order valence-corrected chi connectivity index (χ0v) is 13.6. The van der Waals surface area contributed by atoms with Gasteiger partial charge in [0.25, 0.3) is 5.91 Å². The van der Waals surface area contributed by atoms with E-state index in [4.69, 9.17) is 0 Å². The summed E-state index contributed by atoms with van der Waals surface area (Å²) in [5, 5.41) is 5.86. The van der Waals surface area contributed by atoms with Crippen molar-refractivity contribution in [3.8, 4) is 0 Å². The maximum atomic E-state index is 12.0. The summed E-state index contributed by atoms with van der Waals surface area (Å²) in [5.41, 5.74) is 3.18. The Kier molecular flexibility index (Phi) is 5.36. The average molecular weight is 311 g/mol. The Bertz CT molecular complexity index is 711. The number of nitrogens with zero attached hydrogens (tertiary/aromatic N) is 1. The molecular weight excluding hydrogens is 290 g/mol. The highest BCUT2D eigenvalue weighted by Crippen LogP contribution is 2.13. The Balaban J connectivity index is 1.95. The summed E-state index contributed by atoms with van der Waals surface area (Å²) >= 11 is 0. The molecule has 5 nitrogen and oxygen atoms in total. The van der Waals surface area contributed by atoms with Crippen molar-refractivity contribution in [1.82, 2.24) is 4.90 Å². The van der Waals surface area contributed by atoms with Gasteiger partial charge in [-0.25, -0.2) is 0 Å². The van der Waals surface area contributed by atoms with Gasteiger partial charge in [-0.2, -0.15) is 0 Å². The van der Waals surface area contributed by atoms with Crippen molar-refractivity contribution >= 4 is 23.2 Å². The van der Waals surface area contributed by atoms with E-state index in [1.54, 1.807) is 38.4 Å². The molecule has 0 saturated heterocycles. The van der Waals surface area contributed by atoms with Crippen LogP contribution in [0.5, 0.6) is 0 Å². The van der Waals surface area contributed by atoms with Crippen molar-refractivity contribution in [2.45, 2.75) is 6.92 Å². The molecule has 0 aliphatic carbocycles. The molecule has 0 saturated carbocycles. The van der Waals surface area contributed by atoms with E-state index >= 15 is 0 Å². The summed E-state index contributed by atoms with van der Waals surface area (Å²) in [4.78, 5) is 25.4. The van der Waals surface area contributed by atoms with Gasteiger partial charge in [0.1, 0.15) is 0 Å². The monoisotopic (exact) mass is 311 g/mol. The molecular formula is C18H21N3O2. The molecule has 0 fully saturated rings. The molecule has 2 amide bonds. The molecule has 0 unspecified atom stereocenters. The first-order valence-electron chi connectivity index (χ1n) is 7.38. The number of amides is 2. The van der Waals surface area contributed by atoms with Crippen molar-refractivity contribution in [3.63, 3.8) is 0 Å². The molecule has 2 aromatic carbocycles. The lowest BCUT2D eigenvalue weighted by Gasteiger charge is -2.12. The lowest BCUT2D eigenvalue weighted by molar-refractivity contribution is -0.114. The summed E-state index contributed by atoms with van der Waals surface area (Å²) in [6.07, 6.45) is 0. The average Bonchev–Trinajstić information content (AvgIpc) is 2.52. The third-order valence-electron chi connectivity index (χ3n) is 3.27. The van der Waals surface area contributed by atoms with E-state index in [9.17, 15) is 9.59 Å². The predicted octanol–water partition coefficient (Wildman–Crippen LogP) is 2.75. The molecule has 0 aliphatic heterocycles. The summed E-state index contributed by atoms with van der Waals surface area (Å²) in [5.74, 6) is -0.264. The van der Waals surface area contributed by atoms with E-state index in [-0.39, 0.29) is 18.4 Å². The minimum absolute atomic E-state index is 0.0982. The molecule has 0 heterocycles. The smallest absolute Gasteiger partial charge is 0.253 e. The van der Waals surface area contributed by atoms with Gasteiger partial charge in [-0.05, 0) is 42.8 Å². The largest absolute Gasteiger partial charge is 0.376 e. The van der Waals surface area contributed by atoms with Crippen molar-refractivity contribution in [3.05, 3.63) is 59.7 Å². The van der Waals surface area contributed by atoms with E-state index in [2.05, 4.69) is 10.6 Å².